The summed E-state index contributed by atoms with van der Waals surface area (Å²) >= 11 is 0. The van der Waals surface area contributed by atoms with E-state index in [9.17, 15) is 0 Å². The van der Waals surface area contributed by atoms with Gasteiger partial charge in [-0.05, 0) is 69.3 Å². The fourth-order valence-electron chi connectivity index (χ4n) is 5.19. The SMILES string of the molecule is Cc1ccc(CCc2cc(C)nc3c4c(n(C)c23)CCN2CCCC42)cn1. The molecule has 2 aliphatic heterocycles. The third-order valence-corrected chi connectivity index (χ3v) is 6.49. The van der Waals surface area contributed by atoms with E-state index >= 15 is 0 Å². The molecule has 0 N–H and O–H groups in total. The van der Waals surface area contributed by atoms with E-state index < -0.39 is 0 Å². The first-order valence-corrected chi connectivity index (χ1v) is 10.2. The van der Waals surface area contributed by atoms with Crippen molar-refractivity contribution in [3.8, 4) is 0 Å². The highest BCUT2D eigenvalue weighted by molar-refractivity contribution is 5.85. The number of pyridine rings is 2. The lowest BCUT2D eigenvalue weighted by Gasteiger charge is -2.30. The first kappa shape index (κ1) is 16.9. The summed E-state index contributed by atoms with van der Waals surface area (Å²) in [5.74, 6) is 0. The van der Waals surface area contributed by atoms with Crippen LogP contribution < -0.4 is 0 Å². The molecule has 0 bridgehead atoms. The fraction of sp³-hybridized carbons (Fsp3) is 0.478. The summed E-state index contributed by atoms with van der Waals surface area (Å²) < 4.78 is 2.45. The van der Waals surface area contributed by atoms with Crippen molar-refractivity contribution in [1.29, 1.82) is 0 Å². The van der Waals surface area contributed by atoms with Crippen molar-refractivity contribution < 1.29 is 0 Å². The number of rotatable bonds is 3. The molecular weight excluding hydrogens is 332 g/mol. The van der Waals surface area contributed by atoms with Crippen molar-refractivity contribution in [3.05, 3.63) is 58.2 Å². The largest absolute Gasteiger partial charge is 0.346 e. The summed E-state index contributed by atoms with van der Waals surface area (Å²) in [6, 6.07) is 7.20. The summed E-state index contributed by atoms with van der Waals surface area (Å²) in [6.45, 7) is 6.64. The van der Waals surface area contributed by atoms with E-state index in [1.54, 1.807) is 0 Å². The topological polar surface area (TPSA) is 34.0 Å². The fourth-order valence-corrected chi connectivity index (χ4v) is 5.19. The Morgan fingerprint density at radius 3 is 2.81 bits per heavy atom. The van der Waals surface area contributed by atoms with E-state index in [1.165, 1.54) is 59.3 Å². The second-order valence-electron chi connectivity index (χ2n) is 8.29. The highest BCUT2D eigenvalue weighted by atomic mass is 15.2. The molecule has 1 saturated heterocycles. The number of aromatic nitrogens is 3. The minimum atomic E-state index is 0.584. The summed E-state index contributed by atoms with van der Waals surface area (Å²) in [7, 11) is 2.25. The molecule has 1 unspecified atom stereocenters. The van der Waals surface area contributed by atoms with E-state index in [4.69, 9.17) is 4.98 Å². The van der Waals surface area contributed by atoms with Crippen LogP contribution >= 0.6 is 0 Å². The molecule has 0 amide bonds. The van der Waals surface area contributed by atoms with Crippen LogP contribution in [-0.4, -0.2) is 32.5 Å². The van der Waals surface area contributed by atoms with Crippen molar-refractivity contribution in [2.45, 2.75) is 52.0 Å². The van der Waals surface area contributed by atoms with Gasteiger partial charge in [0.15, 0.2) is 0 Å². The van der Waals surface area contributed by atoms with Crippen LogP contribution in [0.2, 0.25) is 0 Å². The van der Waals surface area contributed by atoms with E-state index in [0.717, 1.165) is 30.7 Å². The van der Waals surface area contributed by atoms with Gasteiger partial charge in [-0.3, -0.25) is 14.9 Å². The van der Waals surface area contributed by atoms with Gasteiger partial charge in [0.2, 0.25) is 0 Å². The van der Waals surface area contributed by atoms with Crippen molar-refractivity contribution in [2.75, 3.05) is 13.1 Å². The maximum absolute atomic E-state index is 5.04. The smallest absolute Gasteiger partial charge is 0.0937 e. The van der Waals surface area contributed by atoms with Gasteiger partial charge in [0.05, 0.1) is 11.0 Å². The van der Waals surface area contributed by atoms with E-state index in [-0.39, 0.29) is 0 Å². The van der Waals surface area contributed by atoms with E-state index in [2.05, 4.69) is 46.6 Å². The Morgan fingerprint density at radius 2 is 2.00 bits per heavy atom. The van der Waals surface area contributed by atoms with Gasteiger partial charge in [-0.15, -0.1) is 0 Å². The Kier molecular flexibility index (Phi) is 4.05. The molecule has 4 heteroatoms. The van der Waals surface area contributed by atoms with Crippen molar-refractivity contribution in [3.63, 3.8) is 0 Å². The molecule has 0 spiro atoms. The van der Waals surface area contributed by atoms with Crippen LogP contribution in [0, 0.1) is 13.8 Å². The average molecular weight is 361 g/mol. The van der Waals surface area contributed by atoms with Gasteiger partial charge in [-0.2, -0.15) is 0 Å². The monoisotopic (exact) mass is 360 g/mol. The van der Waals surface area contributed by atoms with Gasteiger partial charge in [-0.1, -0.05) is 6.07 Å². The number of fused-ring (bicyclic) bond motifs is 5. The molecule has 1 atom stereocenters. The molecular formula is C23H28N4. The molecule has 27 heavy (non-hydrogen) atoms. The molecule has 5 rings (SSSR count). The zero-order chi connectivity index (χ0) is 18.5. The molecule has 0 saturated carbocycles. The highest BCUT2D eigenvalue weighted by Crippen LogP contribution is 2.42. The third kappa shape index (κ3) is 2.78. The number of nitrogens with zero attached hydrogens (tertiary/aromatic N) is 4. The van der Waals surface area contributed by atoms with Crippen LogP contribution in [0.5, 0.6) is 0 Å². The first-order valence-electron chi connectivity index (χ1n) is 10.2. The van der Waals surface area contributed by atoms with Gasteiger partial charge in [0.1, 0.15) is 0 Å². The van der Waals surface area contributed by atoms with Crippen molar-refractivity contribution >= 4 is 11.0 Å². The van der Waals surface area contributed by atoms with Gasteiger partial charge < -0.3 is 4.57 Å². The van der Waals surface area contributed by atoms with Crippen LogP contribution in [0.4, 0.5) is 0 Å². The summed E-state index contributed by atoms with van der Waals surface area (Å²) in [5, 5.41) is 0. The highest BCUT2D eigenvalue weighted by Gasteiger charge is 2.35. The van der Waals surface area contributed by atoms with Gasteiger partial charge in [-0.25, -0.2) is 0 Å². The molecule has 3 aromatic heterocycles. The van der Waals surface area contributed by atoms with Crippen molar-refractivity contribution in [1.82, 2.24) is 19.4 Å². The van der Waals surface area contributed by atoms with Crippen LogP contribution in [0.3, 0.4) is 0 Å². The molecule has 1 fully saturated rings. The zero-order valence-corrected chi connectivity index (χ0v) is 16.6. The Balaban J connectivity index is 1.58. The number of hydrogen-bond acceptors (Lipinski definition) is 3. The molecule has 0 aromatic carbocycles. The lowest BCUT2D eigenvalue weighted by atomic mass is 9.97. The van der Waals surface area contributed by atoms with Gasteiger partial charge in [0.25, 0.3) is 0 Å². The third-order valence-electron chi connectivity index (χ3n) is 6.49. The van der Waals surface area contributed by atoms with Gasteiger partial charge in [0, 0.05) is 54.9 Å². The normalized spacial score (nSPS) is 19.4. The average Bonchev–Trinajstić information content (AvgIpc) is 3.24. The standard InChI is InChI=1S/C23H28N4/c1-15-6-7-17(14-24-15)8-9-18-13-16(2)25-22-21-19(26(3)23(18)22)10-12-27-11-4-5-20(21)27/h6-7,13-14,20H,4-5,8-12H2,1-3H3. The summed E-state index contributed by atoms with van der Waals surface area (Å²) in [5.41, 5.74) is 10.6. The molecule has 5 heterocycles. The minimum absolute atomic E-state index is 0.584. The first-order chi connectivity index (χ1) is 13.1. The molecule has 2 aliphatic rings. The maximum Gasteiger partial charge on any atom is 0.0937 e. The molecule has 140 valence electrons. The minimum Gasteiger partial charge on any atom is -0.346 e. The summed E-state index contributed by atoms with van der Waals surface area (Å²) in [6.07, 6.45) is 7.84. The van der Waals surface area contributed by atoms with Crippen LogP contribution in [0.15, 0.2) is 24.4 Å². The number of aryl methyl sites for hydroxylation is 5. The second kappa shape index (κ2) is 6.45. The predicted octanol–water partition coefficient (Wildman–Crippen LogP) is 4.06. The van der Waals surface area contributed by atoms with Gasteiger partial charge >= 0.3 is 0 Å². The lowest BCUT2D eigenvalue weighted by Crippen LogP contribution is -2.31. The Morgan fingerprint density at radius 1 is 1.11 bits per heavy atom. The summed E-state index contributed by atoms with van der Waals surface area (Å²) in [4.78, 5) is 12.2. The van der Waals surface area contributed by atoms with Crippen LogP contribution in [-0.2, 0) is 26.3 Å². The Labute approximate surface area is 161 Å². The van der Waals surface area contributed by atoms with E-state index in [0.29, 0.717) is 6.04 Å². The van der Waals surface area contributed by atoms with Crippen LogP contribution in [0.25, 0.3) is 11.0 Å². The number of hydrogen-bond donors (Lipinski definition) is 0. The lowest BCUT2D eigenvalue weighted by molar-refractivity contribution is 0.242. The zero-order valence-electron chi connectivity index (χ0n) is 16.6. The maximum atomic E-state index is 5.04. The molecule has 0 aliphatic carbocycles. The van der Waals surface area contributed by atoms with E-state index in [1.807, 2.05) is 13.1 Å². The molecule has 4 nitrogen and oxygen atoms in total. The molecule has 0 radical (unpaired) electrons. The Hall–Kier alpha value is -2.20. The Bertz CT molecular complexity index is 1000. The quantitative estimate of drug-likeness (QED) is 0.706. The molecule has 3 aromatic rings. The second-order valence-corrected chi connectivity index (χ2v) is 8.29. The van der Waals surface area contributed by atoms with Crippen LogP contribution in [0.1, 0.15) is 52.7 Å². The predicted molar refractivity (Wildman–Crippen MR) is 109 cm³/mol. The van der Waals surface area contributed by atoms with Crippen molar-refractivity contribution in [2.24, 2.45) is 7.05 Å².